The van der Waals surface area contributed by atoms with Crippen molar-refractivity contribution in [3.8, 4) is 0 Å². The molecule has 0 saturated heterocycles. The summed E-state index contributed by atoms with van der Waals surface area (Å²) < 4.78 is 5.15. The van der Waals surface area contributed by atoms with E-state index in [2.05, 4.69) is 5.16 Å². The number of aliphatic hydroxyl groups is 1. The third-order valence-corrected chi connectivity index (χ3v) is 2.08. The smallest absolute Gasteiger partial charge is 0.147 e. The largest absolute Gasteiger partial charge is 0.388 e. The third-order valence-electron chi connectivity index (χ3n) is 2.08. The quantitative estimate of drug-likeness (QED) is 0.769. The Balaban J connectivity index is 2.93. The number of aliphatic hydroxyl groups excluding tert-OH is 1. The van der Waals surface area contributed by atoms with Gasteiger partial charge < -0.3 is 15.4 Å². The molecule has 80 valence electrons. The normalized spacial score (nSPS) is 14.4. The monoisotopic (exact) mass is 198 g/mol. The molecule has 1 unspecified atom stereocenters. The van der Waals surface area contributed by atoms with Crippen LogP contribution in [0.25, 0.3) is 0 Å². The van der Waals surface area contributed by atoms with E-state index in [1.165, 1.54) is 0 Å². The zero-order valence-corrected chi connectivity index (χ0v) is 8.95. The fraction of sp³-hybridized carbons (Fsp3) is 0.700. The third kappa shape index (κ3) is 2.33. The van der Waals surface area contributed by atoms with Crippen LogP contribution in [0.5, 0.6) is 0 Å². The molecule has 4 heteroatoms. The Bertz CT molecular complexity index is 289. The molecule has 1 aromatic heterocycles. The number of hydrogen-bond donors (Lipinski definition) is 2. The van der Waals surface area contributed by atoms with Crippen LogP contribution in [0.15, 0.2) is 10.7 Å². The molecule has 0 amide bonds. The molecule has 0 aliphatic carbocycles. The lowest BCUT2D eigenvalue weighted by Crippen LogP contribution is -2.15. The summed E-state index contributed by atoms with van der Waals surface area (Å²) in [5.74, 6) is 0.735. The van der Waals surface area contributed by atoms with Crippen molar-refractivity contribution < 1.29 is 9.63 Å². The molecule has 1 heterocycles. The van der Waals surface area contributed by atoms with Crippen molar-refractivity contribution in [1.29, 1.82) is 0 Å². The van der Waals surface area contributed by atoms with Gasteiger partial charge in [0.2, 0.25) is 0 Å². The van der Waals surface area contributed by atoms with E-state index in [1.54, 1.807) is 6.20 Å². The second-order valence-corrected chi connectivity index (χ2v) is 4.45. The molecule has 0 aliphatic heterocycles. The van der Waals surface area contributed by atoms with Crippen LogP contribution >= 0.6 is 0 Å². The van der Waals surface area contributed by atoms with Gasteiger partial charge in [-0.2, -0.15) is 0 Å². The Morgan fingerprint density at radius 2 is 2.21 bits per heavy atom. The number of rotatable bonds is 3. The number of hydrogen-bond acceptors (Lipinski definition) is 4. The molecule has 0 radical (unpaired) electrons. The summed E-state index contributed by atoms with van der Waals surface area (Å²) in [5.41, 5.74) is 6.00. The van der Waals surface area contributed by atoms with Crippen molar-refractivity contribution >= 4 is 0 Å². The van der Waals surface area contributed by atoms with E-state index in [0.717, 1.165) is 11.3 Å². The first-order valence-electron chi connectivity index (χ1n) is 4.80. The van der Waals surface area contributed by atoms with Gasteiger partial charge in [-0.15, -0.1) is 0 Å². The van der Waals surface area contributed by atoms with E-state index in [4.69, 9.17) is 10.3 Å². The second kappa shape index (κ2) is 4.11. The lowest BCUT2D eigenvalue weighted by molar-refractivity contribution is 0.165. The van der Waals surface area contributed by atoms with Crippen LogP contribution in [-0.2, 0) is 5.41 Å². The standard InChI is InChI=1S/C10H18N2O2/c1-10(2,3)9-7(6-12-14-9)8(13)4-5-11/h6,8,13H,4-5,11H2,1-3H3. The zero-order valence-electron chi connectivity index (χ0n) is 8.95. The van der Waals surface area contributed by atoms with Crippen LogP contribution in [0, 0.1) is 0 Å². The van der Waals surface area contributed by atoms with Crippen LogP contribution in [0.2, 0.25) is 0 Å². The number of nitrogens with zero attached hydrogens (tertiary/aromatic N) is 1. The number of aromatic nitrogens is 1. The molecule has 0 fully saturated rings. The van der Waals surface area contributed by atoms with Crippen LogP contribution in [0.4, 0.5) is 0 Å². The maximum absolute atomic E-state index is 9.77. The highest BCUT2D eigenvalue weighted by molar-refractivity contribution is 5.22. The maximum atomic E-state index is 9.77. The Morgan fingerprint density at radius 3 is 2.71 bits per heavy atom. The highest BCUT2D eigenvalue weighted by Gasteiger charge is 2.26. The summed E-state index contributed by atoms with van der Waals surface area (Å²) in [6, 6.07) is 0. The van der Waals surface area contributed by atoms with Crippen molar-refractivity contribution in [3.63, 3.8) is 0 Å². The van der Waals surface area contributed by atoms with Gasteiger partial charge in [-0.25, -0.2) is 0 Å². The molecule has 3 N–H and O–H groups in total. The second-order valence-electron chi connectivity index (χ2n) is 4.45. The van der Waals surface area contributed by atoms with Gasteiger partial charge in [0.15, 0.2) is 0 Å². The lowest BCUT2D eigenvalue weighted by atomic mass is 9.88. The van der Waals surface area contributed by atoms with Gasteiger partial charge in [-0.1, -0.05) is 25.9 Å². The van der Waals surface area contributed by atoms with E-state index in [9.17, 15) is 5.11 Å². The van der Waals surface area contributed by atoms with Gasteiger partial charge >= 0.3 is 0 Å². The minimum Gasteiger partial charge on any atom is -0.388 e. The zero-order chi connectivity index (χ0) is 10.8. The van der Waals surface area contributed by atoms with E-state index in [1.807, 2.05) is 20.8 Å². The van der Waals surface area contributed by atoms with Crippen LogP contribution in [-0.4, -0.2) is 16.8 Å². The van der Waals surface area contributed by atoms with E-state index in [-0.39, 0.29) is 5.41 Å². The van der Waals surface area contributed by atoms with Crippen molar-refractivity contribution in [2.45, 2.75) is 38.7 Å². The molecule has 1 rings (SSSR count). The summed E-state index contributed by atoms with van der Waals surface area (Å²) in [6.07, 6.45) is 1.53. The van der Waals surface area contributed by atoms with Crippen LogP contribution in [0.3, 0.4) is 0 Å². The Hall–Kier alpha value is -0.870. The Kier molecular flexibility index (Phi) is 3.29. The van der Waals surface area contributed by atoms with Crippen molar-refractivity contribution in [3.05, 3.63) is 17.5 Å². The van der Waals surface area contributed by atoms with E-state index < -0.39 is 6.10 Å². The Morgan fingerprint density at radius 1 is 1.57 bits per heavy atom. The predicted molar refractivity (Wildman–Crippen MR) is 53.8 cm³/mol. The summed E-state index contributed by atoms with van der Waals surface area (Å²) >= 11 is 0. The molecule has 0 aromatic carbocycles. The van der Waals surface area contributed by atoms with Gasteiger partial charge in [0.25, 0.3) is 0 Å². The summed E-state index contributed by atoms with van der Waals surface area (Å²) in [4.78, 5) is 0. The van der Waals surface area contributed by atoms with Crippen molar-refractivity contribution in [1.82, 2.24) is 5.16 Å². The van der Waals surface area contributed by atoms with E-state index in [0.29, 0.717) is 13.0 Å². The molecule has 4 nitrogen and oxygen atoms in total. The van der Waals surface area contributed by atoms with E-state index >= 15 is 0 Å². The van der Waals surface area contributed by atoms with Gasteiger partial charge in [0.05, 0.1) is 12.3 Å². The van der Waals surface area contributed by atoms with Gasteiger partial charge in [0.1, 0.15) is 5.76 Å². The van der Waals surface area contributed by atoms with Crippen molar-refractivity contribution in [2.75, 3.05) is 6.54 Å². The average molecular weight is 198 g/mol. The van der Waals surface area contributed by atoms with Gasteiger partial charge in [0, 0.05) is 11.0 Å². The highest BCUT2D eigenvalue weighted by atomic mass is 16.5. The highest BCUT2D eigenvalue weighted by Crippen LogP contribution is 2.30. The fourth-order valence-electron chi connectivity index (χ4n) is 1.37. The first-order chi connectivity index (χ1) is 6.46. The molecular formula is C10H18N2O2. The summed E-state index contributed by atoms with van der Waals surface area (Å²) in [5, 5.41) is 13.5. The molecule has 0 aliphatic rings. The molecule has 1 atom stereocenters. The molecule has 0 bridgehead atoms. The molecule has 0 spiro atoms. The number of nitrogens with two attached hydrogens (primary N) is 1. The molecular weight excluding hydrogens is 180 g/mol. The van der Waals surface area contributed by atoms with Gasteiger partial charge in [-0.05, 0) is 13.0 Å². The first-order valence-corrected chi connectivity index (χ1v) is 4.80. The van der Waals surface area contributed by atoms with Gasteiger partial charge in [-0.3, -0.25) is 0 Å². The average Bonchev–Trinajstić information content (AvgIpc) is 2.50. The molecule has 14 heavy (non-hydrogen) atoms. The summed E-state index contributed by atoms with van der Waals surface area (Å²) in [6.45, 7) is 6.51. The van der Waals surface area contributed by atoms with Crippen LogP contribution < -0.4 is 5.73 Å². The van der Waals surface area contributed by atoms with Crippen molar-refractivity contribution in [2.24, 2.45) is 5.73 Å². The van der Waals surface area contributed by atoms with Crippen LogP contribution in [0.1, 0.15) is 44.6 Å². The lowest BCUT2D eigenvalue weighted by Gasteiger charge is -2.18. The summed E-state index contributed by atoms with van der Waals surface area (Å²) in [7, 11) is 0. The topological polar surface area (TPSA) is 72.3 Å². The maximum Gasteiger partial charge on any atom is 0.147 e. The minimum atomic E-state index is -0.569. The Labute approximate surface area is 84.1 Å². The minimum absolute atomic E-state index is 0.137. The molecule has 0 saturated carbocycles. The SMILES string of the molecule is CC(C)(C)c1oncc1C(O)CCN. The molecule has 1 aromatic rings. The predicted octanol–water partition coefficient (Wildman–Crippen LogP) is 1.35. The first kappa shape index (κ1) is 11.2. The fourth-order valence-corrected chi connectivity index (χ4v) is 1.37.